The van der Waals surface area contributed by atoms with Gasteiger partial charge in [-0.3, -0.25) is 0 Å². The van der Waals surface area contributed by atoms with E-state index in [4.69, 9.17) is 29.9 Å². The van der Waals surface area contributed by atoms with Gasteiger partial charge in [0.15, 0.2) is 0 Å². The first-order valence-electron chi connectivity index (χ1n) is 14.5. The van der Waals surface area contributed by atoms with Gasteiger partial charge >= 0.3 is 59.1 Å². The summed E-state index contributed by atoms with van der Waals surface area (Å²) in [6.07, 6.45) is 5.11. The number of ether oxygens (including phenoxy) is 2. The van der Waals surface area contributed by atoms with Crippen molar-refractivity contribution < 1.29 is 133 Å². The van der Waals surface area contributed by atoms with Crippen molar-refractivity contribution in [1.29, 1.82) is 0 Å². The van der Waals surface area contributed by atoms with E-state index in [1.165, 1.54) is 25.7 Å². The van der Waals surface area contributed by atoms with Gasteiger partial charge in [0.2, 0.25) is 0 Å². The molecule has 0 bridgehead atoms. The molecule has 0 aliphatic carbocycles. The fourth-order valence-electron chi connectivity index (χ4n) is 1.02. The Morgan fingerprint density at radius 3 is 0.455 bits per heavy atom. The van der Waals surface area contributed by atoms with Gasteiger partial charge in [-0.2, -0.15) is 0 Å². The van der Waals surface area contributed by atoms with Crippen LogP contribution in [0.3, 0.4) is 0 Å². The summed E-state index contributed by atoms with van der Waals surface area (Å²) in [5.74, 6) is 0. The van der Waals surface area contributed by atoms with Crippen molar-refractivity contribution in [2.75, 3.05) is 26.4 Å². The summed E-state index contributed by atoms with van der Waals surface area (Å²) < 4.78 is 9.89. The number of rotatable bonds is 0. The van der Waals surface area contributed by atoms with Crippen molar-refractivity contribution in [2.24, 2.45) is 0 Å². The molecule has 0 amide bonds. The number of aliphatic hydroxyl groups is 4. The Morgan fingerprint density at radius 1 is 0.364 bits per heavy atom. The van der Waals surface area contributed by atoms with Crippen LogP contribution in [-0.4, -0.2) is 80.5 Å². The van der Waals surface area contributed by atoms with Crippen LogP contribution in [0.4, 0.5) is 0 Å². The van der Waals surface area contributed by atoms with Gasteiger partial charge < -0.3 is 40.1 Å². The minimum Gasteiger partial charge on any atom is -0.850 e. The van der Waals surface area contributed by atoms with Gasteiger partial charge in [0.05, 0.1) is 22.4 Å². The average Bonchev–Trinajstić information content (AvgIpc) is 3.25. The maximum atomic E-state index is 10.1. The zero-order chi connectivity index (χ0) is 34.1. The Balaban J connectivity index is -0.0000000371. The summed E-state index contributed by atoms with van der Waals surface area (Å²) >= 11 is 0. The monoisotopic (exact) mass is 744 g/mol. The molecule has 0 saturated carbocycles. The first-order valence-corrected chi connectivity index (χ1v) is 14.5. The molecule has 0 spiro atoms. The second-order valence-electron chi connectivity index (χ2n) is 15.5. The molecule has 44 heavy (non-hydrogen) atoms. The topological polar surface area (TPSA) is 146 Å². The van der Waals surface area contributed by atoms with Crippen molar-refractivity contribution in [2.45, 2.75) is 184 Å². The molecule has 8 nitrogen and oxygen atoms in total. The predicted molar refractivity (Wildman–Crippen MR) is 167 cm³/mol. The molecule has 2 aliphatic rings. The summed E-state index contributed by atoms with van der Waals surface area (Å²) in [6.45, 7) is 34.7. The predicted octanol–water partition coefficient (Wildman–Crippen LogP) is -1.00. The summed E-state index contributed by atoms with van der Waals surface area (Å²) in [5, 5.41) is 54.3. The van der Waals surface area contributed by atoms with Gasteiger partial charge in [-0.05, 0) is 109 Å². The summed E-state index contributed by atoms with van der Waals surface area (Å²) in [7, 11) is 0. The standard InChI is InChI=1S/2C4H8O.4C4H10O.2C4H9O.2Fe.2Na/c2*1-2-4-5-3-1;6*1-4(2,3)5;;;;/h2*1-4H2;4*5H,1-3H3;2*1-3H3;;;;/q;;;;;;2*-1;;;2*+1. The van der Waals surface area contributed by atoms with Crippen molar-refractivity contribution in [3.63, 3.8) is 0 Å². The van der Waals surface area contributed by atoms with Crippen LogP contribution >= 0.6 is 0 Å². The fourth-order valence-corrected chi connectivity index (χ4v) is 1.02. The zero-order valence-electron chi connectivity index (χ0n) is 32.8. The smallest absolute Gasteiger partial charge is 0.850 e. The van der Waals surface area contributed by atoms with Gasteiger partial charge in [0.1, 0.15) is 0 Å². The molecule has 0 unspecified atom stereocenters. The van der Waals surface area contributed by atoms with Crippen LogP contribution in [0.15, 0.2) is 0 Å². The Morgan fingerprint density at radius 2 is 0.432 bits per heavy atom. The molecule has 268 valence electrons. The molecule has 0 atom stereocenters. The molecule has 2 heterocycles. The summed E-state index contributed by atoms with van der Waals surface area (Å²) in [4.78, 5) is 0. The molecule has 2 fully saturated rings. The Bertz CT molecular complexity index is 341. The van der Waals surface area contributed by atoms with Crippen molar-refractivity contribution in [3.05, 3.63) is 0 Å². The van der Waals surface area contributed by atoms with Crippen molar-refractivity contribution >= 4 is 0 Å². The second-order valence-corrected chi connectivity index (χ2v) is 15.5. The van der Waals surface area contributed by atoms with Gasteiger partial charge in [-0.25, -0.2) is 0 Å². The van der Waals surface area contributed by atoms with Crippen molar-refractivity contribution in [1.82, 2.24) is 0 Å². The molecule has 0 radical (unpaired) electrons. The molecule has 2 saturated heterocycles. The SMILES string of the molecule is C1CCOC1.C1CCOC1.CC(C)(C)O.CC(C)(C)O.CC(C)(C)O.CC(C)(C)O.CC(C)(C)[O-].CC(C)(C)[O-].[Fe].[Fe].[Na+].[Na+]. The summed E-state index contributed by atoms with van der Waals surface area (Å²) in [6, 6.07) is 0. The van der Waals surface area contributed by atoms with Gasteiger partial charge in [0, 0.05) is 60.6 Å². The van der Waals surface area contributed by atoms with Crippen LogP contribution in [0.25, 0.3) is 0 Å². The normalized spacial score (nSPS) is 13.6. The third kappa shape index (κ3) is 528. The van der Waals surface area contributed by atoms with E-state index in [-0.39, 0.29) is 93.3 Å². The Hall–Kier alpha value is 2.72. The van der Waals surface area contributed by atoms with Crippen LogP contribution in [0.5, 0.6) is 0 Å². The minimum absolute atomic E-state index is 0. The maximum Gasteiger partial charge on any atom is 1.00 e. The van der Waals surface area contributed by atoms with E-state index < -0.39 is 33.6 Å². The third-order valence-corrected chi connectivity index (χ3v) is 1.65. The summed E-state index contributed by atoms with van der Waals surface area (Å²) in [5.41, 5.74) is -3.50. The second kappa shape index (κ2) is 38.5. The average molecular weight is 745 g/mol. The van der Waals surface area contributed by atoms with Crippen LogP contribution in [0.2, 0.25) is 0 Å². The number of hydrogen-bond donors (Lipinski definition) is 4. The van der Waals surface area contributed by atoms with E-state index in [1.54, 1.807) is 125 Å². The van der Waals surface area contributed by atoms with Crippen LogP contribution in [0.1, 0.15) is 150 Å². The van der Waals surface area contributed by atoms with Crippen LogP contribution in [0, 0.1) is 0 Å². The molecule has 2 aliphatic heterocycles. The van der Waals surface area contributed by atoms with E-state index in [9.17, 15) is 10.2 Å². The van der Waals surface area contributed by atoms with E-state index in [0.717, 1.165) is 26.4 Å². The Kier molecular flexibility index (Phi) is 63.4. The van der Waals surface area contributed by atoms with Crippen LogP contribution < -0.4 is 69.3 Å². The first-order chi connectivity index (χ1) is 17.0. The fraction of sp³-hybridized carbons (Fsp3) is 1.00. The van der Waals surface area contributed by atoms with Gasteiger partial charge in [-0.1, -0.05) is 41.5 Å². The maximum absolute atomic E-state index is 10.1. The van der Waals surface area contributed by atoms with E-state index >= 15 is 0 Å². The van der Waals surface area contributed by atoms with Gasteiger partial charge in [0.25, 0.3) is 0 Å². The molecule has 0 aromatic heterocycles. The molecular weight excluding hydrogens is 670 g/mol. The molecule has 0 aromatic rings. The Labute approximate surface area is 340 Å². The molecule has 12 heteroatoms. The zero-order valence-corrected chi connectivity index (χ0v) is 39.0. The van der Waals surface area contributed by atoms with E-state index in [0.29, 0.717) is 0 Å². The molecule has 4 N–H and O–H groups in total. The number of hydrogen-bond acceptors (Lipinski definition) is 8. The van der Waals surface area contributed by atoms with Crippen molar-refractivity contribution in [3.8, 4) is 0 Å². The quantitative estimate of drug-likeness (QED) is 0.232. The molecule has 2 rings (SSSR count). The minimum atomic E-state index is -0.750. The third-order valence-electron chi connectivity index (χ3n) is 1.65. The molecular formula is C32H74Fe2Na2O8. The van der Waals surface area contributed by atoms with E-state index in [2.05, 4.69) is 0 Å². The first kappa shape index (κ1) is 72.4. The van der Waals surface area contributed by atoms with Crippen LogP contribution in [-0.2, 0) is 43.6 Å². The van der Waals surface area contributed by atoms with E-state index in [1.807, 2.05) is 0 Å². The van der Waals surface area contributed by atoms with Gasteiger partial charge in [-0.15, -0.1) is 11.2 Å². The molecule has 0 aromatic carbocycles. The largest absolute Gasteiger partial charge is 1.00 e.